The summed E-state index contributed by atoms with van der Waals surface area (Å²) in [5.41, 5.74) is 1.06. The highest BCUT2D eigenvalue weighted by molar-refractivity contribution is 5.87. The number of carbonyl (C=O) groups excluding carboxylic acids is 2. The Labute approximate surface area is 175 Å². The van der Waals surface area contributed by atoms with Gasteiger partial charge in [0.15, 0.2) is 0 Å². The lowest BCUT2D eigenvalue weighted by Crippen LogP contribution is -2.49. The Hall–Kier alpha value is -2.56. The van der Waals surface area contributed by atoms with Gasteiger partial charge in [0.1, 0.15) is 6.04 Å². The summed E-state index contributed by atoms with van der Waals surface area (Å²) < 4.78 is 0. The van der Waals surface area contributed by atoms with Gasteiger partial charge in [0, 0.05) is 32.6 Å². The average Bonchev–Trinajstić information content (AvgIpc) is 2.76. The minimum absolute atomic E-state index is 0.0649. The molecule has 0 saturated heterocycles. The second-order valence-corrected chi connectivity index (χ2v) is 7.44. The summed E-state index contributed by atoms with van der Waals surface area (Å²) in [6, 6.07) is 9.46. The van der Waals surface area contributed by atoms with Crippen LogP contribution in [0, 0.1) is 0 Å². The van der Waals surface area contributed by atoms with Gasteiger partial charge < -0.3 is 15.1 Å². The first-order chi connectivity index (χ1) is 14.2. The van der Waals surface area contributed by atoms with Crippen molar-refractivity contribution < 1.29 is 9.59 Å². The second-order valence-electron chi connectivity index (χ2n) is 7.44. The second kappa shape index (κ2) is 12.8. The molecular weight excluding hydrogens is 362 g/mol. The number of benzene rings is 1. The molecule has 0 saturated carbocycles. The van der Waals surface area contributed by atoms with Gasteiger partial charge in [-0.2, -0.15) is 0 Å². The molecule has 1 heterocycles. The van der Waals surface area contributed by atoms with Crippen LogP contribution in [-0.4, -0.2) is 47.3 Å². The number of allylic oxidation sites excluding steroid dienone is 2. The van der Waals surface area contributed by atoms with Crippen molar-refractivity contribution in [1.82, 2.24) is 15.1 Å². The van der Waals surface area contributed by atoms with Crippen molar-refractivity contribution in [2.24, 2.45) is 0 Å². The fraction of sp³-hybridized carbons (Fsp3) is 0.500. The minimum Gasteiger partial charge on any atom is -0.374 e. The van der Waals surface area contributed by atoms with Crippen LogP contribution in [0.25, 0.3) is 0 Å². The zero-order chi connectivity index (χ0) is 20.9. The van der Waals surface area contributed by atoms with E-state index >= 15 is 0 Å². The molecule has 0 radical (unpaired) electrons. The Morgan fingerprint density at radius 2 is 1.93 bits per heavy atom. The van der Waals surface area contributed by atoms with Gasteiger partial charge in [0.05, 0.1) is 0 Å². The number of rotatable bonds is 12. The molecule has 2 amide bonds. The Morgan fingerprint density at radius 3 is 2.59 bits per heavy atom. The van der Waals surface area contributed by atoms with Gasteiger partial charge in [-0.05, 0) is 37.1 Å². The van der Waals surface area contributed by atoms with E-state index in [4.69, 9.17) is 0 Å². The summed E-state index contributed by atoms with van der Waals surface area (Å²) in [4.78, 5) is 29.8. The third kappa shape index (κ3) is 7.76. The maximum Gasteiger partial charge on any atom is 0.243 e. The van der Waals surface area contributed by atoms with Crippen LogP contribution < -0.4 is 5.32 Å². The first-order valence-electron chi connectivity index (χ1n) is 10.8. The third-order valence-electron chi connectivity index (χ3n) is 5.17. The Balaban J connectivity index is 1.91. The molecule has 0 fully saturated rings. The van der Waals surface area contributed by atoms with E-state index in [0.29, 0.717) is 25.9 Å². The van der Waals surface area contributed by atoms with E-state index in [-0.39, 0.29) is 11.8 Å². The minimum atomic E-state index is -0.407. The molecule has 29 heavy (non-hydrogen) atoms. The molecule has 1 aliphatic heterocycles. The van der Waals surface area contributed by atoms with E-state index in [9.17, 15) is 9.59 Å². The fourth-order valence-electron chi connectivity index (χ4n) is 3.48. The molecule has 5 heteroatoms. The highest BCUT2D eigenvalue weighted by Crippen LogP contribution is 2.12. The average molecular weight is 398 g/mol. The van der Waals surface area contributed by atoms with E-state index in [1.807, 2.05) is 49.4 Å². The Kier molecular flexibility index (Phi) is 10.0. The van der Waals surface area contributed by atoms with Crippen LogP contribution in [0.5, 0.6) is 0 Å². The van der Waals surface area contributed by atoms with Crippen LogP contribution in [0.2, 0.25) is 0 Å². The molecule has 158 valence electrons. The Bertz CT molecular complexity index is 685. The van der Waals surface area contributed by atoms with Crippen molar-refractivity contribution in [2.75, 3.05) is 19.6 Å². The fourth-order valence-corrected chi connectivity index (χ4v) is 3.48. The molecule has 2 rings (SSSR count). The van der Waals surface area contributed by atoms with E-state index in [1.165, 1.54) is 0 Å². The predicted octanol–water partition coefficient (Wildman–Crippen LogP) is 3.88. The lowest BCUT2D eigenvalue weighted by molar-refractivity contribution is -0.141. The van der Waals surface area contributed by atoms with Crippen LogP contribution in [0.4, 0.5) is 0 Å². The number of hydrogen-bond donors (Lipinski definition) is 1. The molecule has 0 aromatic heterocycles. The molecule has 1 aromatic carbocycles. The zero-order valence-corrected chi connectivity index (χ0v) is 17.8. The lowest BCUT2D eigenvalue weighted by atomic mass is 10.1. The highest BCUT2D eigenvalue weighted by atomic mass is 16.2. The highest BCUT2D eigenvalue weighted by Gasteiger charge is 2.27. The summed E-state index contributed by atoms with van der Waals surface area (Å²) in [5, 5.41) is 3.01. The summed E-state index contributed by atoms with van der Waals surface area (Å²) >= 11 is 0. The van der Waals surface area contributed by atoms with Gasteiger partial charge in [-0.25, -0.2) is 0 Å². The molecule has 0 spiro atoms. The van der Waals surface area contributed by atoms with Crippen molar-refractivity contribution in [2.45, 2.75) is 58.5 Å². The summed E-state index contributed by atoms with van der Waals surface area (Å²) in [6.45, 7) is 6.95. The number of nitrogens with zero attached hydrogens (tertiary/aromatic N) is 2. The molecule has 5 nitrogen and oxygen atoms in total. The largest absolute Gasteiger partial charge is 0.374 e. The first-order valence-corrected chi connectivity index (χ1v) is 10.8. The van der Waals surface area contributed by atoms with E-state index in [2.05, 4.69) is 29.4 Å². The van der Waals surface area contributed by atoms with Crippen molar-refractivity contribution in [3.63, 3.8) is 0 Å². The van der Waals surface area contributed by atoms with Gasteiger partial charge in [0.2, 0.25) is 11.8 Å². The van der Waals surface area contributed by atoms with Gasteiger partial charge in [-0.15, -0.1) is 0 Å². The summed E-state index contributed by atoms with van der Waals surface area (Å²) in [6.07, 6.45) is 12.0. The molecule has 1 N–H and O–H groups in total. The van der Waals surface area contributed by atoms with Gasteiger partial charge in [0.25, 0.3) is 0 Å². The molecule has 0 bridgehead atoms. The lowest BCUT2D eigenvalue weighted by Gasteiger charge is -2.31. The topological polar surface area (TPSA) is 52.7 Å². The van der Waals surface area contributed by atoms with Gasteiger partial charge >= 0.3 is 0 Å². The Morgan fingerprint density at radius 1 is 1.14 bits per heavy atom. The SMILES string of the molecule is CCCCN(C(=O)CCCN1C=CC=CC1)C(CC)C(=O)NCc1ccccc1. The normalized spacial score (nSPS) is 13.9. The van der Waals surface area contributed by atoms with Crippen LogP contribution in [0.15, 0.2) is 54.8 Å². The van der Waals surface area contributed by atoms with Gasteiger partial charge in [-0.1, -0.05) is 62.8 Å². The maximum atomic E-state index is 13.0. The number of unbranched alkanes of at least 4 members (excludes halogenated alkanes) is 1. The molecule has 1 aliphatic rings. The summed E-state index contributed by atoms with van der Waals surface area (Å²) in [7, 11) is 0. The molecule has 1 unspecified atom stereocenters. The van der Waals surface area contributed by atoms with Crippen LogP contribution in [0.3, 0.4) is 0 Å². The van der Waals surface area contributed by atoms with Crippen LogP contribution in [0.1, 0.15) is 51.5 Å². The third-order valence-corrected chi connectivity index (χ3v) is 5.17. The molecular formula is C24H35N3O2. The van der Waals surface area contributed by atoms with Crippen molar-refractivity contribution in [1.29, 1.82) is 0 Å². The van der Waals surface area contributed by atoms with E-state index in [1.54, 1.807) is 4.90 Å². The number of carbonyl (C=O) groups is 2. The standard InChI is InChI=1S/C24H35N3O2/c1-3-5-19-27(23(28)15-12-18-26-16-10-7-11-17-26)22(4-2)24(29)25-20-21-13-8-6-9-14-21/h6-11,13-14,16,22H,3-5,12,15,17-20H2,1-2H3,(H,25,29). The predicted molar refractivity (Wildman–Crippen MR) is 118 cm³/mol. The monoisotopic (exact) mass is 397 g/mol. The van der Waals surface area contributed by atoms with Crippen molar-refractivity contribution in [3.05, 3.63) is 60.3 Å². The van der Waals surface area contributed by atoms with Gasteiger partial charge in [-0.3, -0.25) is 9.59 Å². The quantitative estimate of drug-likeness (QED) is 0.582. The van der Waals surface area contributed by atoms with Crippen LogP contribution >= 0.6 is 0 Å². The number of hydrogen-bond acceptors (Lipinski definition) is 3. The number of nitrogens with one attached hydrogen (secondary N) is 1. The van der Waals surface area contributed by atoms with Crippen molar-refractivity contribution >= 4 is 11.8 Å². The molecule has 1 atom stereocenters. The summed E-state index contributed by atoms with van der Waals surface area (Å²) in [5.74, 6) is 0.0154. The molecule has 0 aliphatic carbocycles. The smallest absolute Gasteiger partial charge is 0.243 e. The van der Waals surface area contributed by atoms with Crippen LogP contribution in [-0.2, 0) is 16.1 Å². The molecule has 1 aromatic rings. The zero-order valence-electron chi connectivity index (χ0n) is 17.8. The van der Waals surface area contributed by atoms with E-state index in [0.717, 1.165) is 37.9 Å². The van der Waals surface area contributed by atoms with Crippen molar-refractivity contribution in [3.8, 4) is 0 Å². The number of amides is 2. The first kappa shape index (κ1) is 22.7. The maximum absolute atomic E-state index is 13.0. The van der Waals surface area contributed by atoms with E-state index < -0.39 is 6.04 Å².